The normalized spacial score (nSPS) is 27.5. The molecule has 8 nitrogen and oxygen atoms in total. The van der Waals surface area contributed by atoms with Crippen LogP contribution in [0.5, 0.6) is 11.5 Å². The van der Waals surface area contributed by atoms with Crippen LogP contribution in [0.3, 0.4) is 0 Å². The van der Waals surface area contributed by atoms with Crippen LogP contribution in [0.15, 0.2) is 140 Å². The molecule has 0 spiro atoms. The predicted octanol–water partition coefficient (Wildman–Crippen LogP) is 14.3. The van der Waals surface area contributed by atoms with E-state index in [9.17, 15) is 4.79 Å². The molecule has 362 valence electrons. The second-order valence-electron chi connectivity index (χ2n) is 21.8. The largest absolute Gasteiger partial charge is 0.497 e. The summed E-state index contributed by atoms with van der Waals surface area (Å²) in [6.45, 7) is 0. The molecule has 1 aliphatic heterocycles. The van der Waals surface area contributed by atoms with Gasteiger partial charge in [-0.2, -0.15) is 5.26 Å². The zero-order valence-electron chi connectivity index (χ0n) is 41.0. The van der Waals surface area contributed by atoms with Gasteiger partial charge in [0.1, 0.15) is 17.3 Å². The third kappa shape index (κ3) is 7.58. The van der Waals surface area contributed by atoms with Crippen molar-refractivity contribution in [1.29, 1.82) is 0 Å². The average molecular weight is 944 g/mol. The Morgan fingerprint density at radius 2 is 1.07 bits per heavy atom. The molecule has 7 aromatic rings. The lowest BCUT2D eigenvalue weighted by atomic mass is 9.45. The van der Waals surface area contributed by atoms with Crippen molar-refractivity contribution in [3.8, 4) is 61.7 Å². The minimum Gasteiger partial charge on any atom is -0.497 e. The molecule has 6 aliphatic rings. The number of fused-ring (bicyclic) bond motifs is 5. The van der Waals surface area contributed by atoms with Crippen LogP contribution in [-0.2, 0) is 4.89 Å². The first kappa shape index (κ1) is 44.6. The van der Waals surface area contributed by atoms with Crippen molar-refractivity contribution in [3.05, 3.63) is 145 Å². The number of carbonyl (C=O) groups is 1. The highest BCUT2D eigenvalue weighted by molar-refractivity contribution is 6.06. The second-order valence-corrected chi connectivity index (χ2v) is 21.8. The van der Waals surface area contributed by atoms with Crippen LogP contribution in [0, 0.1) is 35.5 Å². The summed E-state index contributed by atoms with van der Waals surface area (Å²) < 4.78 is 13.8. The Hall–Kier alpha value is -6.35. The van der Waals surface area contributed by atoms with Gasteiger partial charge in [-0.15, -0.1) is 0 Å². The number of nitrogens with one attached hydrogen (secondary N) is 1. The van der Waals surface area contributed by atoms with E-state index >= 15 is 0 Å². The molecular weight excluding hydrogens is 879 g/mol. The molecule has 6 aromatic carbocycles. The summed E-state index contributed by atoms with van der Waals surface area (Å²) in [5.74, 6) is 7.04. The number of carbonyl (C=O) groups excluding carboxylic acids is 1. The number of hydrogen-bond acceptors (Lipinski definition) is 7. The predicted molar refractivity (Wildman–Crippen MR) is 283 cm³/mol. The molecular formula is C63H65N3O5. The quantitative estimate of drug-likeness (QED) is 0.110. The fourth-order valence-corrected chi connectivity index (χ4v) is 15.6. The highest BCUT2D eigenvalue weighted by Gasteiger charge is 2.62. The van der Waals surface area contributed by atoms with Gasteiger partial charge in [0.05, 0.1) is 25.3 Å². The first-order chi connectivity index (χ1) is 35.0. The topological polar surface area (TPSA) is 85.2 Å². The van der Waals surface area contributed by atoms with Gasteiger partial charge in [-0.1, -0.05) is 117 Å². The summed E-state index contributed by atoms with van der Waals surface area (Å²) in [5, 5.41) is 14.9. The van der Waals surface area contributed by atoms with Crippen LogP contribution in [0.25, 0.3) is 61.1 Å². The van der Waals surface area contributed by atoms with Crippen molar-refractivity contribution in [2.75, 3.05) is 19.1 Å². The summed E-state index contributed by atoms with van der Waals surface area (Å²) in [7, 11) is 3.45. The lowest BCUT2D eigenvalue weighted by Crippen LogP contribution is -2.76. The first-order valence-electron chi connectivity index (χ1n) is 26.7. The molecule has 1 saturated heterocycles. The van der Waals surface area contributed by atoms with Gasteiger partial charge in [0, 0.05) is 40.8 Å². The maximum Gasteiger partial charge on any atom is 0.372 e. The van der Waals surface area contributed by atoms with Crippen LogP contribution in [0.1, 0.15) is 87.4 Å². The monoisotopic (exact) mass is 943 g/mol. The molecule has 10 atom stereocenters. The Kier molecular flexibility index (Phi) is 11.5. The number of rotatable bonds is 9. The van der Waals surface area contributed by atoms with E-state index in [2.05, 4.69) is 123 Å². The molecule has 5 aliphatic carbocycles. The minimum absolute atomic E-state index is 0.306. The van der Waals surface area contributed by atoms with Crippen LogP contribution in [-0.4, -0.2) is 54.2 Å². The molecule has 2 heterocycles. The molecule has 1 aromatic heterocycles. The van der Waals surface area contributed by atoms with Gasteiger partial charge in [-0.05, 0) is 174 Å². The highest BCUT2D eigenvalue weighted by atomic mass is 17.1. The van der Waals surface area contributed by atoms with E-state index in [-0.39, 0.29) is 0 Å². The Balaban J connectivity index is 1.05. The van der Waals surface area contributed by atoms with Gasteiger partial charge in [0.25, 0.3) is 0 Å². The zero-order chi connectivity index (χ0) is 47.7. The van der Waals surface area contributed by atoms with E-state index < -0.39 is 5.97 Å². The van der Waals surface area contributed by atoms with Crippen molar-refractivity contribution in [2.45, 2.75) is 101 Å². The third-order valence-corrected chi connectivity index (χ3v) is 18.6. The number of anilines is 1. The van der Waals surface area contributed by atoms with Gasteiger partial charge >= 0.3 is 5.97 Å². The minimum atomic E-state index is -0.764. The van der Waals surface area contributed by atoms with Gasteiger partial charge in [0.2, 0.25) is 0 Å². The molecule has 10 unspecified atom stereocenters. The Labute approximate surface area is 417 Å². The molecule has 6 fully saturated rings. The molecule has 8 heteroatoms. The van der Waals surface area contributed by atoms with Crippen LogP contribution in [0.4, 0.5) is 5.82 Å². The maximum atomic E-state index is 12.1. The highest BCUT2D eigenvalue weighted by Crippen LogP contribution is 2.63. The standard InChI is InChI=1S/C63H65N3O5/c1-69-49-32-25-41(26-33-49)40-23-30-48(31-24-40)65-55-36-29-47(42-27-34-50(70-2)35-28-42)37-53(55)59(45-17-13-38(14-18-45)39-15-21-46(22-16-39)63(67)71-68)62(65)66-56-12-4-3-11-54(56)64-60-51-9-5-7-43-19-20-44-8-6-10-52(61(60)66)58(44)57(43)51/h13-18,21-37,43-44,51-52,54,56-58,60-61,64,68H,3-12,19-20H2,1-2H3. The van der Waals surface area contributed by atoms with E-state index in [0.29, 0.717) is 41.6 Å². The number of ether oxygens (including phenoxy) is 2. The van der Waals surface area contributed by atoms with E-state index in [1.165, 1.54) is 127 Å². The number of methoxy groups -OCH3 is 2. The third-order valence-electron chi connectivity index (χ3n) is 18.6. The molecule has 0 bridgehead atoms. The zero-order valence-corrected chi connectivity index (χ0v) is 41.0. The summed E-state index contributed by atoms with van der Waals surface area (Å²) >= 11 is 0. The first-order valence-corrected chi connectivity index (χ1v) is 26.7. The number of benzene rings is 6. The average Bonchev–Trinajstić information content (AvgIpc) is 3.78. The van der Waals surface area contributed by atoms with Crippen molar-refractivity contribution in [1.82, 2.24) is 9.88 Å². The van der Waals surface area contributed by atoms with Crippen LogP contribution >= 0.6 is 0 Å². The maximum absolute atomic E-state index is 12.1. The number of nitrogens with zero attached hydrogens (tertiary/aromatic N) is 2. The van der Waals surface area contributed by atoms with E-state index in [0.717, 1.165) is 51.9 Å². The van der Waals surface area contributed by atoms with Crippen molar-refractivity contribution >= 4 is 22.7 Å². The van der Waals surface area contributed by atoms with Crippen LogP contribution in [0.2, 0.25) is 0 Å². The molecule has 2 N–H and O–H groups in total. The number of piperazine rings is 1. The Morgan fingerprint density at radius 3 is 1.69 bits per heavy atom. The second kappa shape index (κ2) is 18.4. The Morgan fingerprint density at radius 1 is 0.549 bits per heavy atom. The smallest absolute Gasteiger partial charge is 0.372 e. The number of hydrogen-bond donors (Lipinski definition) is 2. The number of aromatic nitrogens is 1. The molecule has 5 saturated carbocycles. The fourth-order valence-electron chi connectivity index (χ4n) is 15.6. The van der Waals surface area contributed by atoms with Crippen molar-refractivity contribution in [2.24, 2.45) is 35.5 Å². The van der Waals surface area contributed by atoms with Gasteiger partial charge in [-0.3, -0.25) is 9.45 Å². The van der Waals surface area contributed by atoms with Gasteiger partial charge < -0.3 is 19.7 Å². The lowest BCUT2D eigenvalue weighted by molar-refractivity contribution is -0.182. The van der Waals surface area contributed by atoms with Crippen molar-refractivity contribution < 1.29 is 24.4 Å². The van der Waals surface area contributed by atoms with E-state index in [1.54, 1.807) is 26.4 Å². The summed E-state index contributed by atoms with van der Waals surface area (Å²) in [6, 6.07) is 51.5. The summed E-state index contributed by atoms with van der Waals surface area (Å²) in [4.78, 5) is 19.3. The van der Waals surface area contributed by atoms with Crippen LogP contribution < -0.4 is 19.7 Å². The van der Waals surface area contributed by atoms with Crippen molar-refractivity contribution in [3.63, 3.8) is 0 Å². The SMILES string of the molecule is COc1ccc(-c2ccc(-n3c(N4C5CCCCC5NC5C6CCCC7CCC8CCCC(C8C76)C54)c(-c4ccc(-c5ccc(C(=O)OO)cc5)cc4)c4cc(-c5ccc(OC)cc5)ccc43)cc2)cc1. The lowest BCUT2D eigenvalue weighted by Gasteiger charge is -2.67. The fraction of sp³-hybridized carbons (Fsp3) is 0.381. The van der Waals surface area contributed by atoms with E-state index in [1.807, 2.05) is 24.3 Å². The Bertz CT molecular complexity index is 3050. The van der Waals surface area contributed by atoms with E-state index in [4.69, 9.17) is 14.7 Å². The molecule has 0 amide bonds. The molecule has 71 heavy (non-hydrogen) atoms. The molecule has 0 radical (unpaired) electrons. The van der Waals surface area contributed by atoms with Gasteiger partial charge in [0.15, 0.2) is 0 Å². The summed E-state index contributed by atoms with van der Waals surface area (Å²) in [6.07, 6.45) is 16.0. The summed E-state index contributed by atoms with van der Waals surface area (Å²) in [5.41, 5.74) is 11.9. The van der Waals surface area contributed by atoms with Gasteiger partial charge in [-0.25, -0.2) is 4.79 Å². The molecule has 13 rings (SSSR count).